The predicted octanol–water partition coefficient (Wildman–Crippen LogP) is 7.99. The summed E-state index contributed by atoms with van der Waals surface area (Å²) in [6.07, 6.45) is 11.2. The van der Waals surface area contributed by atoms with Gasteiger partial charge < -0.3 is 9.67 Å². The summed E-state index contributed by atoms with van der Waals surface area (Å²) in [6.45, 7) is 16.2. The minimum Gasteiger partial charge on any atom is -0.393 e. The molecule has 0 spiro atoms. The van der Waals surface area contributed by atoms with E-state index in [1.54, 1.807) is 0 Å². The average Bonchev–Trinajstić information content (AvgIpc) is 3.33. The van der Waals surface area contributed by atoms with Gasteiger partial charge in [0.2, 0.25) is 0 Å². The molecular weight excluding hydrogens is 416 g/mol. The highest BCUT2D eigenvalue weighted by atomic mass is 16.3. The van der Waals surface area contributed by atoms with Gasteiger partial charge in [-0.05, 0) is 81.2 Å². The van der Waals surface area contributed by atoms with Crippen molar-refractivity contribution < 1.29 is 5.11 Å². The number of benzene rings is 1. The number of pyridine rings is 1. The molecule has 4 rings (SSSR count). The number of aryl methyl sites for hydroxylation is 5. The summed E-state index contributed by atoms with van der Waals surface area (Å²) in [4.78, 5) is 4.44. The molecule has 2 unspecified atom stereocenters. The molecule has 3 nitrogen and oxygen atoms in total. The van der Waals surface area contributed by atoms with Gasteiger partial charge in [-0.1, -0.05) is 71.6 Å². The summed E-state index contributed by atoms with van der Waals surface area (Å²) in [7, 11) is 0. The monoisotopic (exact) mass is 464 g/mol. The fourth-order valence-electron chi connectivity index (χ4n) is 4.78. The van der Waals surface area contributed by atoms with Gasteiger partial charge >= 0.3 is 0 Å². The lowest BCUT2D eigenvalue weighted by Gasteiger charge is -2.12. The fraction of sp³-hybridized carbons (Fsp3) is 0.581. The van der Waals surface area contributed by atoms with E-state index in [9.17, 15) is 0 Å². The first-order valence-corrected chi connectivity index (χ1v) is 13.6. The fourth-order valence-corrected chi connectivity index (χ4v) is 4.78. The third-order valence-corrected chi connectivity index (χ3v) is 6.70. The van der Waals surface area contributed by atoms with E-state index in [4.69, 9.17) is 5.11 Å². The summed E-state index contributed by atoms with van der Waals surface area (Å²) in [5.74, 6) is 0.569. The maximum absolute atomic E-state index is 9.00. The molecule has 2 heterocycles. The molecule has 0 aliphatic heterocycles. The molecule has 0 bridgehead atoms. The molecule has 1 aliphatic rings. The van der Waals surface area contributed by atoms with Crippen molar-refractivity contribution in [2.75, 3.05) is 0 Å². The van der Waals surface area contributed by atoms with E-state index in [0.717, 1.165) is 37.9 Å². The molecular formula is C31H48N2O. The van der Waals surface area contributed by atoms with Crippen molar-refractivity contribution in [3.63, 3.8) is 0 Å². The number of fused-ring (bicyclic) bond motifs is 1. The lowest BCUT2D eigenvalue weighted by Crippen LogP contribution is -2.07. The minimum absolute atomic E-state index is 0.0139. The largest absolute Gasteiger partial charge is 0.393 e. The topological polar surface area (TPSA) is 38.0 Å². The van der Waals surface area contributed by atoms with Crippen molar-refractivity contribution in [2.24, 2.45) is 5.92 Å². The molecule has 3 aromatic rings. The first kappa shape index (κ1) is 28.1. The van der Waals surface area contributed by atoms with Crippen LogP contribution in [-0.4, -0.2) is 20.8 Å². The summed E-state index contributed by atoms with van der Waals surface area (Å²) in [5.41, 5.74) is 8.20. The van der Waals surface area contributed by atoms with Crippen LogP contribution in [0.2, 0.25) is 0 Å². The maximum Gasteiger partial charge on any atom is 0.0565 e. The average molecular weight is 465 g/mol. The Morgan fingerprint density at radius 2 is 1.74 bits per heavy atom. The molecule has 0 radical (unpaired) electrons. The minimum atomic E-state index is 0.0139. The number of aromatic nitrogens is 2. The van der Waals surface area contributed by atoms with Gasteiger partial charge in [0.25, 0.3) is 0 Å². The van der Waals surface area contributed by atoms with Gasteiger partial charge in [-0.2, -0.15) is 0 Å². The second-order valence-electron chi connectivity index (χ2n) is 9.94. The van der Waals surface area contributed by atoms with Gasteiger partial charge in [-0.15, -0.1) is 0 Å². The molecule has 3 heteroatoms. The molecule has 0 saturated heterocycles. The van der Waals surface area contributed by atoms with E-state index in [2.05, 4.69) is 81.4 Å². The van der Waals surface area contributed by atoms with Crippen LogP contribution in [0.5, 0.6) is 0 Å². The number of aliphatic hydroxyl groups is 1. The van der Waals surface area contributed by atoms with Crippen molar-refractivity contribution in [3.8, 4) is 0 Å². The Bertz CT molecular complexity index is 979. The number of rotatable bonds is 6. The number of hydrogen-bond acceptors (Lipinski definition) is 2. The molecule has 1 fully saturated rings. The van der Waals surface area contributed by atoms with Crippen LogP contribution in [0.1, 0.15) is 94.8 Å². The van der Waals surface area contributed by atoms with Crippen molar-refractivity contribution in [1.82, 2.24) is 9.55 Å². The Morgan fingerprint density at radius 3 is 2.24 bits per heavy atom. The normalized spacial score (nSPS) is 17.2. The molecule has 1 N–H and O–H groups in total. The maximum atomic E-state index is 9.00. The smallest absolute Gasteiger partial charge is 0.0565 e. The predicted molar refractivity (Wildman–Crippen MR) is 148 cm³/mol. The number of hydrogen-bond donors (Lipinski definition) is 1. The zero-order valence-corrected chi connectivity index (χ0v) is 22.8. The van der Waals surface area contributed by atoms with Crippen LogP contribution in [0, 0.1) is 19.8 Å². The zero-order chi connectivity index (χ0) is 25.1. The lowest BCUT2D eigenvalue weighted by molar-refractivity contribution is 0.141. The third-order valence-electron chi connectivity index (χ3n) is 6.70. The van der Waals surface area contributed by atoms with E-state index < -0.39 is 0 Å². The van der Waals surface area contributed by atoms with E-state index >= 15 is 0 Å². The van der Waals surface area contributed by atoms with Crippen LogP contribution in [0.25, 0.3) is 10.9 Å². The van der Waals surface area contributed by atoms with Crippen LogP contribution in [0.3, 0.4) is 0 Å². The van der Waals surface area contributed by atoms with Gasteiger partial charge in [-0.3, -0.25) is 4.98 Å². The van der Waals surface area contributed by atoms with Gasteiger partial charge in [0.05, 0.1) is 6.10 Å². The second kappa shape index (κ2) is 14.3. The molecule has 1 saturated carbocycles. The highest BCUT2D eigenvalue weighted by Gasteiger charge is 2.19. The van der Waals surface area contributed by atoms with Crippen LogP contribution in [0.15, 0.2) is 36.5 Å². The zero-order valence-electron chi connectivity index (χ0n) is 22.8. The summed E-state index contributed by atoms with van der Waals surface area (Å²) in [6, 6.07) is 11.2. The lowest BCUT2D eigenvalue weighted by atomic mass is 10.0. The highest BCUT2D eigenvalue weighted by Crippen LogP contribution is 2.29. The Labute approximate surface area is 208 Å². The van der Waals surface area contributed by atoms with Crippen LogP contribution < -0.4 is 0 Å². The quantitative estimate of drug-likeness (QED) is 0.401. The summed E-state index contributed by atoms with van der Waals surface area (Å²) in [5, 5.41) is 10.4. The van der Waals surface area contributed by atoms with Crippen molar-refractivity contribution in [2.45, 2.75) is 112 Å². The van der Waals surface area contributed by atoms with Gasteiger partial charge in [0.15, 0.2) is 0 Å². The summed E-state index contributed by atoms with van der Waals surface area (Å²) < 4.78 is 2.55. The van der Waals surface area contributed by atoms with Crippen LogP contribution in [0.4, 0.5) is 0 Å². The SMILES string of the molecule is CC1CCCC1O.CCC.CCCc1c(CC)c2cc(C)ccc2n1CCc1ccc(C)nc1. The molecule has 1 aromatic carbocycles. The van der Waals surface area contributed by atoms with E-state index in [1.165, 1.54) is 59.0 Å². The third kappa shape index (κ3) is 7.70. The molecule has 2 atom stereocenters. The Morgan fingerprint density at radius 1 is 1.00 bits per heavy atom. The highest BCUT2D eigenvalue weighted by molar-refractivity contribution is 5.86. The molecule has 2 aromatic heterocycles. The molecule has 0 amide bonds. The Hall–Kier alpha value is -2.13. The summed E-state index contributed by atoms with van der Waals surface area (Å²) >= 11 is 0. The van der Waals surface area contributed by atoms with Gasteiger partial charge in [-0.25, -0.2) is 0 Å². The standard InChI is InChI=1S/C22H28N2.C6H12O.C3H8/c1-5-7-21-19(6-2)20-14-16(3)8-11-22(20)24(21)13-12-18-10-9-17(4)23-15-18;1-5-3-2-4-6(5)7;1-3-2/h8-11,14-15H,5-7,12-13H2,1-4H3;5-7H,2-4H2,1H3;3H2,1-2H3. The Balaban J connectivity index is 0.000000341. The molecule has 1 aliphatic carbocycles. The van der Waals surface area contributed by atoms with E-state index in [0.29, 0.717) is 5.92 Å². The molecule has 34 heavy (non-hydrogen) atoms. The van der Waals surface area contributed by atoms with E-state index in [1.807, 2.05) is 13.1 Å². The van der Waals surface area contributed by atoms with Gasteiger partial charge in [0.1, 0.15) is 0 Å². The number of aliphatic hydroxyl groups excluding tert-OH is 1. The van der Waals surface area contributed by atoms with Crippen molar-refractivity contribution >= 4 is 10.9 Å². The van der Waals surface area contributed by atoms with Crippen molar-refractivity contribution in [3.05, 3.63) is 64.6 Å². The van der Waals surface area contributed by atoms with Crippen LogP contribution >= 0.6 is 0 Å². The van der Waals surface area contributed by atoms with Crippen molar-refractivity contribution in [1.29, 1.82) is 0 Å². The number of nitrogens with zero attached hydrogens (tertiary/aromatic N) is 2. The first-order valence-electron chi connectivity index (χ1n) is 13.6. The first-order chi connectivity index (χ1) is 16.4. The molecule has 188 valence electrons. The van der Waals surface area contributed by atoms with Gasteiger partial charge in [0, 0.05) is 35.0 Å². The van der Waals surface area contributed by atoms with Crippen LogP contribution in [-0.2, 0) is 25.8 Å². The van der Waals surface area contributed by atoms with E-state index in [-0.39, 0.29) is 6.10 Å². The second-order valence-corrected chi connectivity index (χ2v) is 9.94. The Kier molecular flexibility index (Phi) is 11.8.